The third kappa shape index (κ3) is 4.35. The van der Waals surface area contributed by atoms with Crippen molar-refractivity contribution < 1.29 is 14.3 Å². The van der Waals surface area contributed by atoms with Crippen LogP contribution in [-0.4, -0.2) is 18.4 Å². The van der Waals surface area contributed by atoms with Crippen LogP contribution in [0.4, 0.5) is 11.4 Å². The third-order valence-corrected chi connectivity index (χ3v) is 5.25. The fraction of sp³-hybridized carbons (Fsp3) is 0.200. The number of para-hydroxylation sites is 1. The lowest BCUT2D eigenvalue weighted by atomic mass is 10.1. The molecule has 3 aromatic carbocycles. The molecule has 30 heavy (non-hydrogen) atoms. The number of amides is 2. The number of hydrogen-bond donors (Lipinski definition) is 1. The summed E-state index contributed by atoms with van der Waals surface area (Å²) in [4.78, 5) is 26.9. The molecule has 5 nitrogen and oxygen atoms in total. The number of anilines is 2. The third-order valence-electron chi connectivity index (χ3n) is 5.25. The van der Waals surface area contributed by atoms with Gasteiger partial charge in [-0.25, -0.2) is 0 Å². The van der Waals surface area contributed by atoms with Crippen molar-refractivity contribution in [3.8, 4) is 11.5 Å². The van der Waals surface area contributed by atoms with Gasteiger partial charge in [-0.1, -0.05) is 30.3 Å². The van der Waals surface area contributed by atoms with E-state index in [0.29, 0.717) is 18.0 Å². The molecular weight excluding hydrogens is 376 g/mol. The topological polar surface area (TPSA) is 58.6 Å². The molecule has 5 heteroatoms. The number of nitrogens with one attached hydrogen (secondary N) is 1. The molecule has 2 amide bonds. The van der Waals surface area contributed by atoms with E-state index in [2.05, 4.69) is 5.32 Å². The van der Waals surface area contributed by atoms with Gasteiger partial charge in [0.25, 0.3) is 0 Å². The zero-order valence-electron chi connectivity index (χ0n) is 17.1. The second kappa shape index (κ2) is 8.41. The fourth-order valence-corrected chi connectivity index (χ4v) is 3.65. The van der Waals surface area contributed by atoms with Crippen molar-refractivity contribution in [2.45, 2.75) is 20.3 Å². The Kier molecular flexibility index (Phi) is 5.53. The van der Waals surface area contributed by atoms with E-state index in [0.717, 1.165) is 22.6 Å². The molecule has 152 valence electrons. The van der Waals surface area contributed by atoms with Gasteiger partial charge in [0.05, 0.1) is 5.92 Å². The predicted octanol–water partition coefficient (Wildman–Crippen LogP) is 5.09. The van der Waals surface area contributed by atoms with Crippen molar-refractivity contribution in [1.82, 2.24) is 0 Å². The van der Waals surface area contributed by atoms with Crippen molar-refractivity contribution in [2.75, 3.05) is 16.8 Å². The maximum Gasteiger partial charge on any atom is 0.229 e. The zero-order valence-corrected chi connectivity index (χ0v) is 17.1. The van der Waals surface area contributed by atoms with Gasteiger partial charge in [0.2, 0.25) is 11.8 Å². The van der Waals surface area contributed by atoms with Crippen molar-refractivity contribution in [3.05, 3.63) is 83.9 Å². The van der Waals surface area contributed by atoms with Gasteiger partial charge in [-0.2, -0.15) is 0 Å². The number of aryl methyl sites for hydroxylation is 2. The van der Waals surface area contributed by atoms with Crippen molar-refractivity contribution >= 4 is 23.2 Å². The largest absolute Gasteiger partial charge is 0.457 e. The molecule has 0 aromatic heterocycles. The van der Waals surface area contributed by atoms with Gasteiger partial charge in [0.15, 0.2) is 0 Å². The van der Waals surface area contributed by atoms with Crippen LogP contribution in [0.5, 0.6) is 11.5 Å². The minimum absolute atomic E-state index is 0.0219. The summed E-state index contributed by atoms with van der Waals surface area (Å²) in [6.07, 6.45) is 0.217. The highest BCUT2D eigenvalue weighted by Crippen LogP contribution is 2.29. The highest BCUT2D eigenvalue weighted by molar-refractivity contribution is 6.03. The lowest BCUT2D eigenvalue weighted by Gasteiger charge is -2.19. The Labute approximate surface area is 176 Å². The van der Waals surface area contributed by atoms with Gasteiger partial charge in [0, 0.05) is 24.3 Å². The van der Waals surface area contributed by atoms with E-state index in [4.69, 9.17) is 4.74 Å². The van der Waals surface area contributed by atoms with Crippen LogP contribution in [0.3, 0.4) is 0 Å². The van der Waals surface area contributed by atoms with Crippen LogP contribution in [0, 0.1) is 19.8 Å². The first-order valence-electron chi connectivity index (χ1n) is 10.0. The van der Waals surface area contributed by atoms with Gasteiger partial charge in [-0.15, -0.1) is 0 Å². The standard InChI is InChI=1S/C25H24N2O3/c1-17-6-5-8-22(14-17)30-21-12-10-20(11-13-21)26-25(29)19-15-24(28)27(16-19)23-9-4-3-7-18(23)2/h3-14,19H,15-16H2,1-2H3,(H,26,29)/t19-/m0/s1. The van der Waals surface area contributed by atoms with Crippen molar-refractivity contribution in [1.29, 1.82) is 0 Å². The van der Waals surface area contributed by atoms with E-state index in [1.54, 1.807) is 17.0 Å². The molecule has 0 aliphatic carbocycles. The average Bonchev–Trinajstić information content (AvgIpc) is 3.11. The van der Waals surface area contributed by atoms with Crippen molar-refractivity contribution in [3.63, 3.8) is 0 Å². The van der Waals surface area contributed by atoms with Crippen LogP contribution in [0.15, 0.2) is 72.8 Å². The monoisotopic (exact) mass is 400 g/mol. The van der Waals surface area contributed by atoms with Crippen LogP contribution in [0.25, 0.3) is 0 Å². The average molecular weight is 400 g/mol. The van der Waals surface area contributed by atoms with E-state index < -0.39 is 0 Å². The molecular formula is C25H24N2O3. The molecule has 0 unspecified atom stereocenters. The molecule has 0 bridgehead atoms. The van der Waals surface area contributed by atoms with Crippen LogP contribution >= 0.6 is 0 Å². The Morgan fingerprint density at radius 2 is 1.73 bits per heavy atom. The van der Waals surface area contributed by atoms with Gasteiger partial charge in [0.1, 0.15) is 11.5 Å². The lowest BCUT2D eigenvalue weighted by Crippen LogP contribution is -2.28. The number of carbonyl (C=O) groups excluding carboxylic acids is 2. The molecule has 1 fully saturated rings. The first kappa shape index (κ1) is 19.7. The Hall–Kier alpha value is -3.60. The number of ether oxygens (including phenoxy) is 1. The summed E-state index contributed by atoms with van der Waals surface area (Å²) in [5.41, 5.74) is 3.70. The van der Waals surface area contributed by atoms with Crippen molar-refractivity contribution in [2.24, 2.45) is 5.92 Å². The summed E-state index contributed by atoms with van der Waals surface area (Å²) in [5, 5.41) is 2.92. The second-order valence-corrected chi connectivity index (χ2v) is 7.62. The summed E-state index contributed by atoms with van der Waals surface area (Å²) in [5.74, 6) is 0.923. The number of nitrogens with zero attached hydrogens (tertiary/aromatic N) is 1. The molecule has 0 radical (unpaired) electrons. The van der Waals surface area contributed by atoms with Crippen LogP contribution in [0.1, 0.15) is 17.5 Å². The van der Waals surface area contributed by atoms with Gasteiger partial charge in [-0.3, -0.25) is 9.59 Å². The summed E-state index contributed by atoms with van der Waals surface area (Å²) in [6.45, 7) is 4.37. The van der Waals surface area contributed by atoms with Crippen LogP contribution in [0.2, 0.25) is 0 Å². The van der Waals surface area contributed by atoms with Crippen LogP contribution in [-0.2, 0) is 9.59 Å². The molecule has 1 atom stereocenters. The quantitative estimate of drug-likeness (QED) is 0.649. The van der Waals surface area contributed by atoms with E-state index >= 15 is 0 Å². The summed E-state index contributed by atoms with van der Waals surface area (Å²) < 4.78 is 5.84. The molecule has 1 heterocycles. The Balaban J connectivity index is 1.38. The zero-order chi connectivity index (χ0) is 21.1. The van der Waals surface area contributed by atoms with E-state index in [1.165, 1.54) is 0 Å². The number of hydrogen-bond acceptors (Lipinski definition) is 3. The summed E-state index contributed by atoms with van der Waals surface area (Å²) in [7, 11) is 0. The molecule has 1 aliphatic rings. The van der Waals surface area contributed by atoms with E-state index in [-0.39, 0.29) is 24.2 Å². The first-order chi connectivity index (χ1) is 14.5. The number of benzene rings is 3. The smallest absolute Gasteiger partial charge is 0.229 e. The molecule has 1 saturated heterocycles. The van der Waals surface area contributed by atoms with Gasteiger partial charge >= 0.3 is 0 Å². The molecule has 3 aromatic rings. The van der Waals surface area contributed by atoms with E-state index in [1.807, 2.05) is 74.5 Å². The molecule has 1 N–H and O–H groups in total. The first-order valence-corrected chi connectivity index (χ1v) is 10.0. The molecule has 0 saturated carbocycles. The van der Waals surface area contributed by atoms with Gasteiger partial charge < -0.3 is 15.0 Å². The predicted molar refractivity (Wildman–Crippen MR) is 118 cm³/mol. The lowest BCUT2D eigenvalue weighted by molar-refractivity contribution is -0.122. The molecule has 4 rings (SSSR count). The maximum absolute atomic E-state index is 12.7. The maximum atomic E-state index is 12.7. The Morgan fingerprint density at radius 1 is 0.967 bits per heavy atom. The highest BCUT2D eigenvalue weighted by Gasteiger charge is 2.35. The minimum Gasteiger partial charge on any atom is -0.457 e. The Morgan fingerprint density at radius 3 is 2.47 bits per heavy atom. The normalized spacial score (nSPS) is 15.9. The molecule has 1 aliphatic heterocycles. The summed E-state index contributed by atoms with van der Waals surface area (Å²) in [6, 6.07) is 22.8. The molecule has 0 spiro atoms. The Bertz CT molecular complexity index is 1080. The second-order valence-electron chi connectivity index (χ2n) is 7.62. The number of carbonyl (C=O) groups is 2. The van der Waals surface area contributed by atoms with Gasteiger partial charge in [-0.05, 0) is 67.4 Å². The SMILES string of the molecule is Cc1cccc(Oc2ccc(NC(=O)[C@H]3CC(=O)N(c4ccccc4C)C3)cc2)c1. The summed E-state index contributed by atoms with van der Waals surface area (Å²) >= 11 is 0. The highest BCUT2D eigenvalue weighted by atomic mass is 16.5. The van der Waals surface area contributed by atoms with E-state index in [9.17, 15) is 9.59 Å². The number of rotatable bonds is 5. The minimum atomic E-state index is -0.375. The van der Waals surface area contributed by atoms with Crippen LogP contribution < -0.4 is 15.0 Å². The fourth-order valence-electron chi connectivity index (χ4n) is 3.65.